The minimum absolute atomic E-state index is 0.0352. The first-order valence-electron chi connectivity index (χ1n) is 12.0. The lowest BCUT2D eigenvalue weighted by Gasteiger charge is -2.28. The van der Waals surface area contributed by atoms with Crippen LogP contribution in [0.4, 0.5) is 13.2 Å². The second-order valence-electron chi connectivity index (χ2n) is 9.41. The Morgan fingerprint density at radius 1 is 0.794 bits per heavy atom. The standard InChI is InChI=1S/C29H29F3O2/c1-33-22-11-9-21(10-12-22)24-15-14-23(28(31)29(24)32)20-7-4-18(5-8-20)2-3-19-6-13-25(26(30)16-19)27-17-34-27/h4-8,13-16,21-22,27H,2-3,9-12,17H2,1H3. The predicted molar refractivity (Wildman–Crippen MR) is 126 cm³/mol. The van der Waals surface area contributed by atoms with E-state index in [0.717, 1.165) is 43.2 Å². The van der Waals surface area contributed by atoms with Gasteiger partial charge in [0.25, 0.3) is 0 Å². The number of rotatable bonds is 7. The van der Waals surface area contributed by atoms with Gasteiger partial charge in [0.2, 0.25) is 0 Å². The lowest BCUT2D eigenvalue weighted by molar-refractivity contribution is 0.0655. The summed E-state index contributed by atoms with van der Waals surface area (Å²) >= 11 is 0. The van der Waals surface area contributed by atoms with Gasteiger partial charge >= 0.3 is 0 Å². The van der Waals surface area contributed by atoms with E-state index in [9.17, 15) is 8.78 Å². The number of methoxy groups -OCH3 is 1. The number of benzene rings is 3. The molecule has 1 saturated heterocycles. The molecule has 0 amide bonds. The Morgan fingerprint density at radius 3 is 2.09 bits per heavy atom. The number of epoxide rings is 1. The second kappa shape index (κ2) is 9.93. The van der Waals surface area contributed by atoms with Crippen molar-refractivity contribution < 1.29 is 22.6 Å². The Morgan fingerprint density at radius 2 is 1.44 bits per heavy atom. The molecule has 0 bridgehead atoms. The zero-order valence-electron chi connectivity index (χ0n) is 19.3. The summed E-state index contributed by atoms with van der Waals surface area (Å²) in [5.74, 6) is -1.70. The Hall–Kier alpha value is -2.63. The van der Waals surface area contributed by atoms with Gasteiger partial charge in [-0.2, -0.15) is 0 Å². The smallest absolute Gasteiger partial charge is 0.166 e. The molecule has 2 aliphatic rings. The van der Waals surface area contributed by atoms with Crippen molar-refractivity contribution in [1.29, 1.82) is 0 Å². The maximum atomic E-state index is 15.0. The highest BCUT2D eigenvalue weighted by molar-refractivity contribution is 5.65. The van der Waals surface area contributed by atoms with Crippen molar-refractivity contribution >= 4 is 0 Å². The van der Waals surface area contributed by atoms with Crippen molar-refractivity contribution in [3.63, 3.8) is 0 Å². The van der Waals surface area contributed by atoms with Crippen molar-refractivity contribution in [2.75, 3.05) is 13.7 Å². The maximum absolute atomic E-state index is 15.0. The van der Waals surface area contributed by atoms with Gasteiger partial charge in [-0.15, -0.1) is 0 Å². The molecule has 1 saturated carbocycles. The first kappa shape index (κ1) is 23.1. The number of ether oxygens (including phenoxy) is 2. The summed E-state index contributed by atoms with van der Waals surface area (Å²) in [7, 11) is 1.70. The molecule has 3 aromatic rings. The van der Waals surface area contributed by atoms with Crippen LogP contribution in [-0.4, -0.2) is 19.8 Å². The maximum Gasteiger partial charge on any atom is 0.166 e. The molecular weight excluding hydrogens is 437 g/mol. The molecule has 1 unspecified atom stereocenters. The predicted octanol–water partition coefficient (Wildman–Crippen LogP) is 7.30. The van der Waals surface area contributed by atoms with Crippen LogP contribution in [0.3, 0.4) is 0 Å². The number of hydrogen-bond donors (Lipinski definition) is 0. The lowest BCUT2D eigenvalue weighted by atomic mass is 9.82. The Labute approximate surface area is 198 Å². The number of hydrogen-bond acceptors (Lipinski definition) is 2. The van der Waals surface area contributed by atoms with Crippen molar-refractivity contribution in [2.24, 2.45) is 0 Å². The molecule has 5 rings (SSSR count). The van der Waals surface area contributed by atoms with Crippen molar-refractivity contribution in [3.8, 4) is 11.1 Å². The monoisotopic (exact) mass is 466 g/mol. The molecule has 1 heterocycles. The van der Waals surface area contributed by atoms with Crippen LogP contribution in [0.2, 0.25) is 0 Å². The van der Waals surface area contributed by atoms with Gasteiger partial charge in [0.05, 0.1) is 12.7 Å². The average Bonchev–Trinajstić information content (AvgIpc) is 3.70. The number of halogens is 3. The molecule has 178 valence electrons. The van der Waals surface area contributed by atoms with Gasteiger partial charge < -0.3 is 9.47 Å². The Kier molecular flexibility index (Phi) is 6.75. The molecule has 5 heteroatoms. The third-order valence-corrected chi connectivity index (χ3v) is 7.27. The molecule has 3 aromatic carbocycles. The van der Waals surface area contributed by atoms with Gasteiger partial charge in [-0.3, -0.25) is 0 Å². The first-order chi connectivity index (χ1) is 16.5. The van der Waals surface area contributed by atoms with Crippen molar-refractivity contribution in [1.82, 2.24) is 0 Å². The SMILES string of the molecule is COC1CCC(c2ccc(-c3ccc(CCc4ccc(C5CO5)c(F)c4)cc3)c(F)c2F)CC1. The lowest BCUT2D eigenvalue weighted by Crippen LogP contribution is -2.20. The van der Waals surface area contributed by atoms with Crippen LogP contribution >= 0.6 is 0 Å². The third kappa shape index (κ3) is 4.91. The molecule has 2 fully saturated rings. The minimum atomic E-state index is -0.783. The van der Waals surface area contributed by atoms with Crippen molar-refractivity contribution in [3.05, 3.63) is 94.3 Å². The van der Waals surface area contributed by atoms with Crippen LogP contribution in [0, 0.1) is 17.5 Å². The van der Waals surface area contributed by atoms with E-state index in [1.807, 2.05) is 30.3 Å². The normalized spacial score (nSPS) is 22.1. The van der Waals surface area contributed by atoms with Crippen LogP contribution in [-0.2, 0) is 22.3 Å². The highest BCUT2D eigenvalue weighted by Crippen LogP contribution is 2.38. The van der Waals surface area contributed by atoms with Gasteiger partial charge in [-0.25, -0.2) is 13.2 Å². The van der Waals surface area contributed by atoms with E-state index in [-0.39, 0.29) is 29.5 Å². The Balaban J connectivity index is 1.25. The largest absolute Gasteiger partial charge is 0.381 e. The molecule has 1 aliphatic carbocycles. The molecule has 34 heavy (non-hydrogen) atoms. The first-order valence-corrected chi connectivity index (χ1v) is 12.0. The fourth-order valence-corrected chi connectivity index (χ4v) is 5.07. The highest BCUT2D eigenvalue weighted by atomic mass is 19.2. The molecule has 0 radical (unpaired) electrons. The van der Waals surface area contributed by atoms with Gasteiger partial charge in [0.1, 0.15) is 11.9 Å². The van der Waals surface area contributed by atoms with E-state index in [4.69, 9.17) is 9.47 Å². The average molecular weight is 467 g/mol. The van der Waals surface area contributed by atoms with Gasteiger partial charge in [0, 0.05) is 18.2 Å². The van der Waals surface area contributed by atoms with E-state index in [1.54, 1.807) is 31.4 Å². The molecule has 1 atom stereocenters. The fraction of sp³-hybridized carbons (Fsp3) is 0.379. The summed E-state index contributed by atoms with van der Waals surface area (Å²) in [5.41, 5.74) is 4.00. The highest BCUT2D eigenvalue weighted by Gasteiger charge is 2.28. The van der Waals surface area contributed by atoms with E-state index in [1.165, 1.54) is 0 Å². The topological polar surface area (TPSA) is 21.8 Å². The molecule has 2 nitrogen and oxygen atoms in total. The zero-order valence-corrected chi connectivity index (χ0v) is 19.3. The van der Waals surface area contributed by atoms with E-state index >= 15 is 4.39 Å². The van der Waals surface area contributed by atoms with E-state index in [0.29, 0.717) is 29.7 Å². The van der Waals surface area contributed by atoms with Gasteiger partial charge in [-0.05, 0) is 72.8 Å². The molecule has 0 aromatic heterocycles. The van der Waals surface area contributed by atoms with E-state index < -0.39 is 11.6 Å². The molecular formula is C29H29F3O2. The van der Waals surface area contributed by atoms with Crippen LogP contribution in [0.15, 0.2) is 54.6 Å². The van der Waals surface area contributed by atoms with Crippen LogP contribution < -0.4 is 0 Å². The Bertz CT molecular complexity index is 1150. The minimum Gasteiger partial charge on any atom is -0.381 e. The third-order valence-electron chi connectivity index (χ3n) is 7.27. The van der Waals surface area contributed by atoms with Crippen molar-refractivity contribution in [2.45, 2.75) is 56.7 Å². The van der Waals surface area contributed by atoms with Crippen LogP contribution in [0.5, 0.6) is 0 Å². The van der Waals surface area contributed by atoms with Gasteiger partial charge in [0.15, 0.2) is 11.6 Å². The summed E-state index contributed by atoms with van der Waals surface area (Å²) in [6, 6.07) is 16.3. The fourth-order valence-electron chi connectivity index (χ4n) is 5.07. The molecule has 0 N–H and O–H groups in total. The quantitative estimate of drug-likeness (QED) is 0.341. The van der Waals surface area contributed by atoms with Gasteiger partial charge in [-0.1, -0.05) is 48.5 Å². The van der Waals surface area contributed by atoms with E-state index in [2.05, 4.69) is 0 Å². The summed E-state index contributed by atoms with van der Waals surface area (Å²) in [6.45, 7) is 0.589. The summed E-state index contributed by atoms with van der Waals surface area (Å²) in [5, 5.41) is 0. The number of aryl methyl sites for hydroxylation is 2. The zero-order chi connectivity index (χ0) is 23.7. The second-order valence-corrected chi connectivity index (χ2v) is 9.41. The molecule has 1 aliphatic heterocycles. The van der Waals surface area contributed by atoms with Crippen LogP contribution in [0.1, 0.15) is 60.0 Å². The summed E-state index contributed by atoms with van der Waals surface area (Å²) < 4.78 is 54.7. The van der Waals surface area contributed by atoms with Crippen LogP contribution in [0.25, 0.3) is 11.1 Å². The molecule has 0 spiro atoms. The summed E-state index contributed by atoms with van der Waals surface area (Å²) in [6.07, 6.45) is 4.93. The summed E-state index contributed by atoms with van der Waals surface area (Å²) in [4.78, 5) is 0.